The molecule has 0 spiro atoms. The van der Waals surface area contributed by atoms with E-state index in [0.29, 0.717) is 18.6 Å². The summed E-state index contributed by atoms with van der Waals surface area (Å²) in [6.07, 6.45) is 10.1. The molecule has 0 aliphatic rings. The van der Waals surface area contributed by atoms with Crippen molar-refractivity contribution in [2.24, 2.45) is 0 Å². The van der Waals surface area contributed by atoms with Gasteiger partial charge in [-0.15, -0.1) is 0 Å². The predicted octanol–water partition coefficient (Wildman–Crippen LogP) is 5.49. The molecule has 0 aliphatic heterocycles. The molecule has 0 heterocycles. The van der Waals surface area contributed by atoms with Crippen LogP contribution in [0, 0.1) is 10.1 Å². The molecule has 1 aromatic carbocycles. The lowest BCUT2D eigenvalue weighted by molar-refractivity contribution is -0.385. The predicted molar refractivity (Wildman–Crippen MR) is 110 cm³/mol. The Hall–Kier alpha value is -2.44. The molecule has 0 bridgehead atoms. The van der Waals surface area contributed by atoms with Crippen LogP contribution in [-0.2, 0) is 25.7 Å². The van der Waals surface area contributed by atoms with Crippen LogP contribution in [0.2, 0.25) is 0 Å². The van der Waals surface area contributed by atoms with E-state index in [1.54, 1.807) is 18.2 Å². The fourth-order valence-electron chi connectivity index (χ4n) is 2.91. The van der Waals surface area contributed by atoms with Crippen LogP contribution in [0.3, 0.4) is 0 Å². The molecule has 0 aliphatic carbocycles. The monoisotopic (exact) mass is 407 g/mol. The molecule has 162 valence electrons. The number of rotatable bonds is 16. The van der Waals surface area contributed by atoms with Crippen molar-refractivity contribution in [2.45, 2.75) is 84.2 Å². The van der Waals surface area contributed by atoms with E-state index in [4.69, 9.17) is 9.47 Å². The molecule has 29 heavy (non-hydrogen) atoms. The highest BCUT2D eigenvalue weighted by atomic mass is 16.6. The molecule has 7 heteroatoms. The van der Waals surface area contributed by atoms with Crippen molar-refractivity contribution in [3.8, 4) is 0 Å². The molecule has 0 unspecified atom stereocenters. The van der Waals surface area contributed by atoms with Crippen molar-refractivity contribution in [2.75, 3.05) is 6.61 Å². The first-order chi connectivity index (χ1) is 14.0. The fraction of sp³-hybridized carbons (Fsp3) is 0.636. The molecular weight excluding hydrogens is 374 g/mol. The lowest BCUT2D eigenvalue weighted by Crippen LogP contribution is -2.09. The van der Waals surface area contributed by atoms with Gasteiger partial charge in [0, 0.05) is 18.9 Å². The Kier molecular flexibility index (Phi) is 13.1. The van der Waals surface area contributed by atoms with Crippen LogP contribution in [0.4, 0.5) is 5.69 Å². The van der Waals surface area contributed by atoms with E-state index in [1.165, 1.54) is 44.6 Å². The minimum atomic E-state index is -0.508. The van der Waals surface area contributed by atoms with Crippen molar-refractivity contribution in [1.82, 2.24) is 0 Å². The summed E-state index contributed by atoms with van der Waals surface area (Å²) in [4.78, 5) is 33.9. The summed E-state index contributed by atoms with van der Waals surface area (Å²) in [5.74, 6) is -0.793. The quantitative estimate of drug-likeness (QED) is 0.155. The van der Waals surface area contributed by atoms with Crippen LogP contribution >= 0.6 is 0 Å². The average Bonchev–Trinajstić information content (AvgIpc) is 2.71. The molecule has 1 aromatic rings. The van der Waals surface area contributed by atoms with Gasteiger partial charge in [-0.05, 0) is 18.9 Å². The van der Waals surface area contributed by atoms with Crippen LogP contribution in [0.25, 0.3) is 0 Å². The Morgan fingerprint density at radius 2 is 1.45 bits per heavy atom. The van der Waals surface area contributed by atoms with Crippen LogP contribution in [-0.4, -0.2) is 23.5 Å². The second-order valence-corrected chi connectivity index (χ2v) is 7.10. The summed E-state index contributed by atoms with van der Waals surface area (Å²) < 4.78 is 10.2. The van der Waals surface area contributed by atoms with E-state index in [9.17, 15) is 19.7 Å². The van der Waals surface area contributed by atoms with Crippen molar-refractivity contribution >= 4 is 17.6 Å². The largest absolute Gasteiger partial charge is 0.466 e. The molecule has 7 nitrogen and oxygen atoms in total. The van der Waals surface area contributed by atoms with Crippen molar-refractivity contribution < 1.29 is 24.0 Å². The Morgan fingerprint density at radius 1 is 0.862 bits per heavy atom. The van der Waals surface area contributed by atoms with Gasteiger partial charge < -0.3 is 9.47 Å². The van der Waals surface area contributed by atoms with Gasteiger partial charge in [0.15, 0.2) is 0 Å². The molecule has 0 saturated heterocycles. The Bertz CT molecular complexity index is 631. The third-order valence-corrected chi connectivity index (χ3v) is 4.60. The number of carbonyl (C=O) groups excluding carboxylic acids is 2. The van der Waals surface area contributed by atoms with E-state index >= 15 is 0 Å². The first-order valence-electron chi connectivity index (χ1n) is 10.6. The topological polar surface area (TPSA) is 95.7 Å². The second-order valence-electron chi connectivity index (χ2n) is 7.10. The number of hydrogen-bond acceptors (Lipinski definition) is 6. The van der Waals surface area contributed by atoms with E-state index < -0.39 is 10.9 Å². The van der Waals surface area contributed by atoms with Gasteiger partial charge >= 0.3 is 11.9 Å². The van der Waals surface area contributed by atoms with Gasteiger partial charge in [0.1, 0.15) is 6.61 Å². The van der Waals surface area contributed by atoms with E-state index in [-0.39, 0.29) is 31.1 Å². The highest BCUT2D eigenvalue weighted by Gasteiger charge is 2.14. The highest BCUT2D eigenvalue weighted by Crippen LogP contribution is 2.18. The SMILES string of the molecule is CCCCCCCCCCOC(=O)CCCC(=O)OCc1ccccc1[N+](=O)[O-]. The summed E-state index contributed by atoms with van der Waals surface area (Å²) in [6, 6.07) is 6.13. The third kappa shape index (κ3) is 11.9. The summed E-state index contributed by atoms with van der Waals surface area (Å²) in [5.41, 5.74) is 0.264. The van der Waals surface area contributed by atoms with Gasteiger partial charge in [0.2, 0.25) is 0 Å². The average molecular weight is 408 g/mol. The van der Waals surface area contributed by atoms with Crippen LogP contribution in [0.5, 0.6) is 0 Å². The van der Waals surface area contributed by atoms with Crippen molar-refractivity contribution in [3.05, 3.63) is 39.9 Å². The maximum Gasteiger partial charge on any atom is 0.306 e. The number of nitro groups is 1. The van der Waals surface area contributed by atoms with Gasteiger partial charge in [-0.25, -0.2) is 0 Å². The molecule has 0 N–H and O–H groups in total. The number of nitro benzene ring substituents is 1. The van der Waals surface area contributed by atoms with Crippen LogP contribution < -0.4 is 0 Å². The maximum atomic E-state index is 11.8. The molecule has 0 fully saturated rings. The first kappa shape index (κ1) is 24.6. The highest BCUT2D eigenvalue weighted by molar-refractivity contribution is 5.72. The van der Waals surface area contributed by atoms with Gasteiger partial charge in [-0.1, -0.05) is 64.0 Å². The number of benzene rings is 1. The van der Waals surface area contributed by atoms with Gasteiger partial charge in [0.25, 0.3) is 5.69 Å². The molecule has 0 radical (unpaired) electrons. The summed E-state index contributed by atoms with van der Waals surface area (Å²) in [7, 11) is 0. The molecule has 0 aromatic heterocycles. The lowest BCUT2D eigenvalue weighted by atomic mass is 10.1. The lowest BCUT2D eigenvalue weighted by Gasteiger charge is -2.06. The van der Waals surface area contributed by atoms with Gasteiger partial charge in [-0.2, -0.15) is 0 Å². The third-order valence-electron chi connectivity index (χ3n) is 4.60. The number of esters is 2. The Labute approximate surface area is 172 Å². The number of para-hydroxylation sites is 1. The molecular formula is C22H33NO6. The van der Waals surface area contributed by atoms with Crippen molar-refractivity contribution in [1.29, 1.82) is 0 Å². The van der Waals surface area contributed by atoms with E-state index in [0.717, 1.165) is 12.8 Å². The fourth-order valence-corrected chi connectivity index (χ4v) is 2.91. The minimum absolute atomic E-state index is 0.0769. The second kappa shape index (κ2) is 15.5. The number of carbonyl (C=O) groups is 2. The van der Waals surface area contributed by atoms with E-state index in [2.05, 4.69) is 6.92 Å². The zero-order valence-electron chi connectivity index (χ0n) is 17.4. The summed E-state index contributed by atoms with van der Waals surface area (Å²) in [6.45, 7) is 2.48. The number of nitrogens with zero attached hydrogens (tertiary/aromatic N) is 1. The molecule has 0 atom stereocenters. The zero-order valence-corrected chi connectivity index (χ0v) is 17.4. The van der Waals surface area contributed by atoms with Gasteiger partial charge in [0.05, 0.1) is 17.1 Å². The van der Waals surface area contributed by atoms with Crippen LogP contribution in [0.1, 0.15) is 83.1 Å². The Morgan fingerprint density at radius 3 is 2.10 bits per heavy atom. The normalized spacial score (nSPS) is 10.5. The molecule has 1 rings (SSSR count). The van der Waals surface area contributed by atoms with Gasteiger partial charge in [-0.3, -0.25) is 19.7 Å². The minimum Gasteiger partial charge on any atom is -0.466 e. The number of ether oxygens (including phenoxy) is 2. The number of unbranched alkanes of at least 4 members (excludes halogenated alkanes) is 7. The standard InChI is InChI=1S/C22H33NO6/c1-2-3-4-5-6-7-8-11-17-28-21(24)15-12-16-22(25)29-18-19-13-9-10-14-20(19)23(26)27/h9-10,13-14H,2-8,11-12,15-18H2,1H3. The maximum absolute atomic E-state index is 11.8. The first-order valence-corrected chi connectivity index (χ1v) is 10.6. The van der Waals surface area contributed by atoms with Crippen molar-refractivity contribution in [3.63, 3.8) is 0 Å². The molecule has 0 saturated carbocycles. The summed E-state index contributed by atoms with van der Waals surface area (Å²) in [5, 5.41) is 10.9. The van der Waals surface area contributed by atoms with Crippen LogP contribution in [0.15, 0.2) is 24.3 Å². The zero-order chi connectivity index (χ0) is 21.3. The smallest absolute Gasteiger partial charge is 0.306 e. The van der Waals surface area contributed by atoms with E-state index in [1.807, 2.05) is 0 Å². The Balaban J connectivity index is 2.05. The summed E-state index contributed by atoms with van der Waals surface area (Å²) >= 11 is 0. The molecule has 0 amide bonds. The number of hydrogen-bond donors (Lipinski definition) is 0.